The van der Waals surface area contributed by atoms with Crippen molar-refractivity contribution < 1.29 is 4.74 Å². The van der Waals surface area contributed by atoms with Crippen LogP contribution in [0.2, 0.25) is 0 Å². The summed E-state index contributed by atoms with van der Waals surface area (Å²) in [5.41, 5.74) is 1.17. The van der Waals surface area contributed by atoms with Crippen molar-refractivity contribution in [1.29, 1.82) is 0 Å². The first kappa shape index (κ1) is 15.5. The molecule has 0 aliphatic rings. The molecule has 1 atom stereocenters. The number of hydrogen-bond donors (Lipinski definition) is 1. The minimum atomic E-state index is 0.200. The third-order valence-electron chi connectivity index (χ3n) is 2.85. The Hall–Kier alpha value is -0.540. The van der Waals surface area contributed by atoms with E-state index in [1.807, 2.05) is 12.1 Å². The van der Waals surface area contributed by atoms with E-state index in [1.165, 1.54) is 24.8 Å². The summed E-state index contributed by atoms with van der Waals surface area (Å²) >= 11 is 3.46. The Morgan fingerprint density at radius 1 is 1.33 bits per heavy atom. The maximum Gasteiger partial charge on any atom is 0.122 e. The van der Waals surface area contributed by atoms with Gasteiger partial charge in [-0.05, 0) is 50.6 Å². The number of halogens is 1. The van der Waals surface area contributed by atoms with Gasteiger partial charge >= 0.3 is 0 Å². The molecular formula is C15H24BrNO. The third-order valence-corrected chi connectivity index (χ3v) is 3.35. The highest BCUT2D eigenvalue weighted by atomic mass is 79.9. The molecule has 0 radical (unpaired) electrons. The molecular weight excluding hydrogens is 290 g/mol. The Bertz CT molecular complexity index is 354. The van der Waals surface area contributed by atoms with Crippen molar-refractivity contribution in [2.24, 2.45) is 0 Å². The summed E-state index contributed by atoms with van der Waals surface area (Å²) in [5, 5.41) is 3.44. The summed E-state index contributed by atoms with van der Waals surface area (Å²) in [6.45, 7) is 8.39. The summed E-state index contributed by atoms with van der Waals surface area (Å²) in [6.07, 6.45) is 4.02. The fourth-order valence-corrected chi connectivity index (χ4v) is 2.28. The first-order chi connectivity index (χ1) is 8.63. The summed E-state index contributed by atoms with van der Waals surface area (Å²) in [6, 6.07) is 6.12. The van der Waals surface area contributed by atoms with Gasteiger partial charge in [0.1, 0.15) is 11.9 Å². The monoisotopic (exact) mass is 313 g/mol. The predicted molar refractivity (Wildman–Crippen MR) is 81.4 cm³/mol. The Morgan fingerprint density at radius 3 is 2.78 bits per heavy atom. The van der Waals surface area contributed by atoms with Gasteiger partial charge in [0.15, 0.2) is 0 Å². The van der Waals surface area contributed by atoms with Gasteiger partial charge < -0.3 is 10.1 Å². The van der Waals surface area contributed by atoms with Gasteiger partial charge in [-0.15, -0.1) is 0 Å². The number of benzene rings is 1. The smallest absolute Gasteiger partial charge is 0.122 e. The van der Waals surface area contributed by atoms with Crippen LogP contribution in [0.3, 0.4) is 0 Å². The number of ether oxygens (including phenoxy) is 1. The van der Waals surface area contributed by atoms with E-state index in [0.29, 0.717) is 0 Å². The van der Waals surface area contributed by atoms with Crippen LogP contribution < -0.4 is 10.1 Å². The largest absolute Gasteiger partial charge is 0.489 e. The molecule has 0 aliphatic carbocycles. The molecule has 0 aromatic heterocycles. The van der Waals surface area contributed by atoms with E-state index < -0.39 is 0 Å². The lowest BCUT2D eigenvalue weighted by molar-refractivity contribution is 0.215. The molecule has 0 saturated heterocycles. The molecule has 0 saturated carbocycles. The van der Waals surface area contributed by atoms with Crippen LogP contribution in [0.4, 0.5) is 0 Å². The van der Waals surface area contributed by atoms with Crippen LogP contribution in [0, 0.1) is 6.92 Å². The van der Waals surface area contributed by atoms with Crippen molar-refractivity contribution in [3.63, 3.8) is 0 Å². The SMILES string of the molecule is CCCCCNCC(C)Oc1ccc(Br)cc1C. The molecule has 1 N–H and O–H groups in total. The quantitative estimate of drug-likeness (QED) is 0.722. The van der Waals surface area contributed by atoms with Crippen molar-refractivity contribution in [3.8, 4) is 5.75 Å². The maximum atomic E-state index is 5.92. The van der Waals surface area contributed by atoms with Crippen molar-refractivity contribution in [1.82, 2.24) is 5.32 Å². The third kappa shape index (κ3) is 5.87. The van der Waals surface area contributed by atoms with Gasteiger partial charge in [-0.25, -0.2) is 0 Å². The minimum Gasteiger partial charge on any atom is -0.489 e. The predicted octanol–water partition coefficient (Wildman–Crippen LogP) is 4.30. The van der Waals surface area contributed by atoms with Crippen molar-refractivity contribution in [2.75, 3.05) is 13.1 Å². The highest BCUT2D eigenvalue weighted by Gasteiger charge is 2.06. The van der Waals surface area contributed by atoms with Crippen LogP contribution in [-0.2, 0) is 0 Å². The van der Waals surface area contributed by atoms with Crippen LogP contribution in [0.1, 0.15) is 38.7 Å². The maximum absolute atomic E-state index is 5.92. The molecule has 0 amide bonds. The first-order valence-electron chi connectivity index (χ1n) is 6.77. The van der Waals surface area contributed by atoms with Gasteiger partial charge in [-0.2, -0.15) is 0 Å². The van der Waals surface area contributed by atoms with E-state index in [1.54, 1.807) is 0 Å². The molecule has 102 valence electrons. The summed E-state index contributed by atoms with van der Waals surface area (Å²) in [7, 11) is 0. The minimum absolute atomic E-state index is 0.200. The van der Waals surface area contributed by atoms with Gasteiger partial charge in [0.05, 0.1) is 0 Å². The van der Waals surface area contributed by atoms with E-state index in [-0.39, 0.29) is 6.10 Å². The lowest BCUT2D eigenvalue weighted by Crippen LogP contribution is -2.29. The second kappa shape index (κ2) is 8.54. The molecule has 0 bridgehead atoms. The molecule has 3 heteroatoms. The topological polar surface area (TPSA) is 21.3 Å². The van der Waals surface area contributed by atoms with Gasteiger partial charge in [0, 0.05) is 11.0 Å². The molecule has 0 heterocycles. The summed E-state index contributed by atoms with van der Waals surface area (Å²) < 4.78 is 7.02. The molecule has 18 heavy (non-hydrogen) atoms. The van der Waals surface area contributed by atoms with E-state index in [2.05, 4.69) is 48.1 Å². The standard InChI is InChI=1S/C15H24BrNO/c1-4-5-6-9-17-11-13(3)18-15-8-7-14(16)10-12(15)2/h7-8,10,13,17H,4-6,9,11H2,1-3H3. The van der Waals surface area contributed by atoms with Crippen LogP contribution in [0.15, 0.2) is 22.7 Å². The molecule has 1 aromatic rings. The Kier molecular flexibility index (Phi) is 7.36. The molecule has 0 aliphatic heterocycles. The van der Waals surface area contributed by atoms with Gasteiger partial charge in [-0.3, -0.25) is 0 Å². The zero-order valence-corrected chi connectivity index (χ0v) is 13.2. The lowest BCUT2D eigenvalue weighted by atomic mass is 10.2. The number of hydrogen-bond acceptors (Lipinski definition) is 2. The molecule has 0 fully saturated rings. The fraction of sp³-hybridized carbons (Fsp3) is 0.600. The summed E-state index contributed by atoms with van der Waals surface area (Å²) in [5.74, 6) is 0.973. The van der Waals surface area contributed by atoms with Crippen LogP contribution in [0.5, 0.6) is 5.75 Å². The molecule has 1 unspecified atom stereocenters. The van der Waals surface area contributed by atoms with Crippen molar-refractivity contribution in [2.45, 2.75) is 46.1 Å². The van der Waals surface area contributed by atoms with Crippen molar-refractivity contribution in [3.05, 3.63) is 28.2 Å². The lowest BCUT2D eigenvalue weighted by Gasteiger charge is -2.17. The molecule has 0 spiro atoms. The normalized spacial score (nSPS) is 12.4. The fourth-order valence-electron chi connectivity index (χ4n) is 1.81. The Labute approximate surface area is 119 Å². The van der Waals surface area contributed by atoms with Gasteiger partial charge in [0.25, 0.3) is 0 Å². The second-order valence-electron chi connectivity index (χ2n) is 4.75. The van der Waals surface area contributed by atoms with Gasteiger partial charge in [0.2, 0.25) is 0 Å². The zero-order chi connectivity index (χ0) is 13.4. The molecule has 1 rings (SSSR count). The average molecular weight is 314 g/mol. The van der Waals surface area contributed by atoms with E-state index in [9.17, 15) is 0 Å². The average Bonchev–Trinajstić information content (AvgIpc) is 2.32. The Balaban J connectivity index is 2.28. The van der Waals surface area contributed by atoms with Gasteiger partial charge in [-0.1, -0.05) is 35.7 Å². The summed E-state index contributed by atoms with van der Waals surface area (Å²) in [4.78, 5) is 0. The zero-order valence-electron chi connectivity index (χ0n) is 11.6. The van der Waals surface area contributed by atoms with Crippen LogP contribution in [0.25, 0.3) is 0 Å². The molecule has 1 aromatic carbocycles. The van der Waals surface area contributed by atoms with Crippen molar-refractivity contribution >= 4 is 15.9 Å². The Morgan fingerprint density at radius 2 is 2.11 bits per heavy atom. The number of unbranched alkanes of at least 4 members (excludes halogenated alkanes) is 2. The van der Waals surface area contributed by atoms with E-state index in [0.717, 1.165) is 23.3 Å². The number of nitrogens with one attached hydrogen (secondary N) is 1. The van der Waals surface area contributed by atoms with E-state index in [4.69, 9.17) is 4.74 Å². The number of rotatable bonds is 8. The number of aryl methyl sites for hydroxylation is 1. The van der Waals surface area contributed by atoms with Crippen LogP contribution in [-0.4, -0.2) is 19.2 Å². The molecule has 2 nitrogen and oxygen atoms in total. The van der Waals surface area contributed by atoms with Crippen LogP contribution >= 0.6 is 15.9 Å². The highest BCUT2D eigenvalue weighted by molar-refractivity contribution is 9.10. The second-order valence-corrected chi connectivity index (χ2v) is 5.67. The first-order valence-corrected chi connectivity index (χ1v) is 7.56. The highest BCUT2D eigenvalue weighted by Crippen LogP contribution is 2.22. The van der Waals surface area contributed by atoms with E-state index >= 15 is 0 Å².